The second kappa shape index (κ2) is 12.7. The molecule has 0 bridgehead atoms. The van der Waals surface area contributed by atoms with E-state index in [1.807, 2.05) is 55.7 Å². The number of halogens is 2. The minimum atomic E-state index is -0.634. The maximum Gasteiger partial charge on any atom is 0.412 e. The zero-order valence-electron chi connectivity index (χ0n) is 28.1. The van der Waals surface area contributed by atoms with E-state index in [2.05, 4.69) is 39.0 Å². The molecule has 1 saturated heterocycles. The van der Waals surface area contributed by atoms with Crippen LogP contribution < -0.4 is 19.9 Å². The van der Waals surface area contributed by atoms with Crippen molar-refractivity contribution < 1.29 is 18.7 Å². The molecule has 3 aliphatic heterocycles. The molecule has 1 fully saturated rings. The highest BCUT2D eigenvalue weighted by molar-refractivity contribution is 6.36. The topological polar surface area (TPSA) is 101 Å². The monoisotopic (exact) mass is 676 g/mol. The van der Waals surface area contributed by atoms with E-state index in [0.29, 0.717) is 67.7 Å². The first kappa shape index (κ1) is 32.4. The number of amides is 1. The Bertz CT molecular complexity index is 1860. The van der Waals surface area contributed by atoms with Crippen molar-refractivity contribution in [3.63, 3.8) is 0 Å². The highest BCUT2D eigenvalue weighted by atomic mass is 35.5. The van der Waals surface area contributed by atoms with E-state index in [-0.39, 0.29) is 6.04 Å². The predicted molar refractivity (Wildman–Crippen MR) is 185 cm³/mol. The fraction of sp³-hybridized carbons (Fsp3) is 0.486. The third kappa shape index (κ3) is 6.47. The molecule has 5 heterocycles. The van der Waals surface area contributed by atoms with E-state index in [1.54, 1.807) is 6.33 Å². The number of ether oxygens (including phenoxy) is 2. The van der Waals surface area contributed by atoms with Crippen LogP contribution in [0.15, 0.2) is 36.7 Å². The zero-order valence-corrected chi connectivity index (χ0v) is 28.8. The summed E-state index contributed by atoms with van der Waals surface area (Å²) in [6, 6.07) is 10.3. The number of imidazole rings is 1. The predicted octanol–water partition coefficient (Wildman–Crippen LogP) is 6.41. The molecular weight excluding hydrogens is 635 g/mol. The number of nitrogens with one attached hydrogen (secondary N) is 1. The number of carbonyl (C=O) groups excluding carboxylic acids is 1. The number of carbonyl (C=O) groups is 1. The van der Waals surface area contributed by atoms with Gasteiger partial charge in [0.15, 0.2) is 0 Å². The lowest BCUT2D eigenvalue weighted by molar-refractivity contribution is 0.0636. The van der Waals surface area contributed by atoms with Crippen molar-refractivity contribution >= 4 is 45.7 Å². The van der Waals surface area contributed by atoms with Gasteiger partial charge in [0.2, 0.25) is 5.95 Å². The number of aromatic nitrogens is 4. The van der Waals surface area contributed by atoms with Crippen molar-refractivity contribution in [2.75, 3.05) is 41.9 Å². The van der Waals surface area contributed by atoms with Gasteiger partial charge in [0.1, 0.15) is 18.0 Å². The number of hydrogen-bond acceptors (Lipinski definition) is 9. The molecule has 0 radical (unpaired) electrons. The number of benzene rings is 2. The summed E-state index contributed by atoms with van der Waals surface area (Å²) >= 11 is 6.82. The third-order valence-electron chi connectivity index (χ3n) is 9.47. The Morgan fingerprint density at radius 2 is 2.00 bits per heavy atom. The molecule has 13 heteroatoms. The first-order valence-electron chi connectivity index (χ1n) is 16.6. The van der Waals surface area contributed by atoms with E-state index in [1.165, 1.54) is 0 Å². The van der Waals surface area contributed by atoms with Gasteiger partial charge < -0.3 is 28.7 Å². The van der Waals surface area contributed by atoms with Crippen LogP contribution in [0.3, 0.4) is 0 Å². The number of nitrogens with zero attached hydrogens (tertiary/aromatic N) is 7. The van der Waals surface area contributed by atoms with Gasteiger partial charge in [0.25, 0.3) is 0 Å². The molecule has 3 aliphatic rings. The molecule has 11 nitrogen and oxygen atoms in total. The molecule has 0 saturated carbocycles. The standard InChI is InChI=1S/C35H42ClFN8O3/c1-21-16-44-20-38-31(37)29(44)18-45(21)32-25-11-13-43(17-27(25)40-33(41-32)47-19-24-9-7-12-42(24)5)28-15-23(39-34(46)48-35(2,3)4)14-22-8-6-10-26(36)30(22)28/h6,8,10,14-15,20-21,24H,7,9,11-13,16-19H2,1-5H3,(H,39,46)/t21-,24+/m1/s1. The Balaban J connectivity index is 1.25. The van der Waals surface area contributed by atoms with Crippen molar-refractivity contribution in [1.82, 2.24) is 24.4 Å². The smallest absolute Gasteiger partial charge is 0.412 e. The van der Waals surface area contributed by atoms with Crippen molar-refractivity contribution in [3.8, 4) is 6.01 Å². The molecule has 7 rings (SSSR count). The molecule has 2 aromatic heterocycles. The summed E-state index contributed by atoms with van der Waals surface area (Å²) in [6.07, 6.45) is 3.89. The lowest BCUT2D eigenvalue weighted by Crippen LogP contribution is -2.43. The summed E-state index contributed by atoms with van der Waals surface area (Å²) in [5, 5.41) is 5.31. The Morgan fingerprint density at radius 1 is 1.17 bits per heavy atom. The van der Waals surface area contributed by atoms with Crippen molar-refractivity contribution in [1.29, 1.82) is 0 Å². The van der Waals surface area contributed by atoms with Crippen LogP contribution in [0.4, 0.5) is 26.4 Å². The summed E-state index contributed by atoms with van der Waals surface area (Å²) in [4.78, 5) is 33.3. The number of rotatable bonds is 6. The molecule has 254 valence electrons. The molecule has 1 amide bonds. The van der Waals surface area contributed by atoms with E-state index < -0.39 is 17.6 Å². The summed E-state index contributed by atoms with van der Waals surface area (Å²) in [6.45, 7) is 11.2. The minimum Gasteiger partial charge on any atom is -0.462 e. The Kier molecular flexibility index (Phi) is 8.57. The van der Waals surface area contributed by atoms with Gasteiger partial charge in [-0.2, -0.15) is 14.4 Å². The average Bonchev–Trinajstić information content (AvgIpc) is 3.61. The maximum absolute atomic E-state index is 14.7. The van der Waals surface area contributed by atoms with Crippen LogP contribution in [-0.2, 0) is 30.8 Å². The SMILES string of the molecule is C[C@@H]1Cn2cnc(F)c2CN1c1nc(OC[C@@H]2CCCN2C)nc2c1CCN(c1cc(NC(=O)OC(C)(C)C)cc3cccc(Cl)c13)C2. The second-order valence-electron chi connectivity index (χ2n) is 14.1. The van der Waals surface area contributed by atoms with E-state index in [4.69, 9.17) is 31.0 Å². The van der Waals surface area contributed by atoms with Crippen LogP contribution in [0.25, 0.3) is 10.8 Å². The summed E-state index contributed by atoms with van der Waals surface area (Å²) < 4.78 is 28.5. The summed E-state index contributed by atoms with van der Waals surface area (Å²) in [5.74, 6) is 0.322. The van der Waals surface area contributed by atoms with Crippen LogP contribution in [-0.4, -0.2) is 74.9 Å². The molecule has 4 aromatic rings. The van der Waals surface area contributed by atoms with Gasteiger partial charge in [0, 0.05) is 47.5 Å². The fourth-order valence-electron chi connectivity index (χ4n) is 7.04. The number of likely N-dealkylation sites (tertiary alicyclic amines) is 1. The normalized spacial score (nSPS) is 19.7. The number of likely N-dealkylation sites (N-methyl/N-ethyl adjacent to an activating group) is 1. The lowest BCUT2D eigenvalue weighted by atomic mass is 10.0. The van der Waals surface area contributed by atoms with Gasteiger partial charge in [-0.15, -0.1) is 0 Å². The molecule has 1 N–H and O–H groups in total. The quantitative estimate of drug-likeness (QED) is 0.248. The van der Waals surface area contributed by atoms with Crippen LogP contribution in [0, 0.1) is 5.95 Å². The van der Waals surface area contributed by atoms with Crippen molar-refractivity contribution in [2.24, 2.45) is 0 Å². The Hall–Kier alpha value is -4.16. The van der Waals surface area contributed by atoms with Crippen LogP contribution >= 0.6 is 11.6 Å². The minimum absolute atomic E-state index is 0.0512. The van der Waals surface area contributed by atoms with Crippen LogP contribution in [0.5, 0.6) is 6.01 Å². The third-order valence-corrected chi connectivity index (χ3v) is 9.79. The van der Waals surface area contributed by atoms with Crippen LogP contribution in [0.2, 0.25) is 5.02 Å². The Morgan fingerprint density at radius 3 is 2.77 bits per heavy atom. The maximum atomic E-state index is 14.7. The highest BCUT2D eigenvalue weighted by Crippen LogP contribution is 2.40. The fourth-order valence-corrected chi connectivity index (χ4v) is 7.32. The average molecular weight is 677 g/mol. The highest BCUT2D eigenvalue weighted by Gasteiger charge is 2.33. The van der Waals surface area contributed by atoms with Gasteiger partial charge in [-0.25, -0.2) is 9.78 Å². The van der Waals surface area contributed by atoms with Crippen molar-refractivity contribution in [2.45, 2.75) is 84.3 Å². The van der Waals surface area contributed by atoms with Gasteiger partial charge in [-0.1, -0.05) is 23.7 Å². The van der Waals surface area contributed by atoms with E-state index >= 15 is 0 Å². The molecule has 2 aromatic carbocycles. The van der Waals surface area contributed by atoms with E-state index in [9.17, 15) is 9.18 Å². The van der Waals surface area contributed by atoms with Gasteiger partial charge in [-0.3, -0.25) is 5.32 Å². The first-order valence-corrected chi connectivity index (χ1v) is 17.0. The van der Waals surface area contributed by atoms with Crippen molar-refractivity contribution in [3.05, 3.63) is 64.6 Å². The number of fused-ring (bicyclic) bond motifs is 3. The summed E-state index contributed by atoms with van der Waals surface area (Å²) in [5.41, 5.74) is 3.26. The second-order valence-corrected chi connectivity index (χ2v) is 14.5. The first-order chi connectivity index (χ1) is 22.9. The molecule has 48 heavy (non-hydrogen) atoms. The Labute approximate surface area is 285 Å². The number of anilines is 3. The molecule has 0 aliphatic carbocycles. The van der Waals surface area contributed by atoms with Gasteiger partial charge in [0.05, 0.1) is 35.8 Å². The molecule has 0 unspecified atom stereocenters. The summed E-state index contributed by atoms with van der Waals surface area (Å²) in [7, 11) is 2.12. The zero-order chi connectivity index (χ0) is 33.7. The van der Waals surface area contributed by atoms with Gasteiger partial charge >= 0.3 is 12.1 Å². The largest absolute Gasteiger partial charge is 0.462 e. The van der Waals surface area contributed by atoms with Gasteiger partial charge in [-0.05, 0) is 84.1 Å². The lowest BCUT2D eigenvalue weighted by Gasteiger charge is -2.38. The molecule has 2 atom stereocenters. The van der Waals surface area contributed by atoms with E-state index in [0.717, 1.165) is 52.9 Å². The molecular formula is C35H42ClFN8O3. The van der Waals surface area contributed by atoms with Crippen LogP contribution in [0.1, 0.15) is 57.5 Å². The number of hydrogen-bond donors (Lipinski definition) is 1. The molecule has 0 spiro atoms.